The summed E-state index contributed by atoms with van der Waals surface area (Å²) < 4.78 is 54.7. The Morgan fingerprint density at radius 3 is 2.52 bits per heavy atom. The number of halogens is 2. The normalized spacial score (nSPS) is 11.1. The van der Waals surface area contributed by atoms with Gasteiger partial charge >= 0.3 is 0 Å². The first kappa shape index (κ1) is 14.9. The zero-order valence-electron chi connectivity index (χ0n) is 10.8. The van der Waals surface area contributed by atoms with Crippen molar-refractivity contribution in [3.05, 3.63) is 41.6 Å². The van der Waals surface area contributed by atoms with Crippen LogP contribution in [0.3, 0.4) is 0 Å². The van der Waals surface area contributed by atoms with Gasteiger partial charge in [-0.25, -0.2) is 21.9 Å². The van der Waals surface area contributed by atoms with Crippen LogP contribution in [0.25, 0.3) is 0 Å². The average Bonchev–Trinajstić information content (AvgIpc) is 2.79. The molecule has 0 aliphatic rings. The molecule has 0 fully saturated rings. The molecule has 0 unspecified atom stereocenters. The molecule has 1 heterocycles. The number of aromatic nitrogens is 2. The molecule has 2 rings (SSSR count). The molecule has 0 saturated heterocycles. The first-order valence-electron chi connectivity index (χ1n) is 5.83. The van der Waals surface area contributed by atoms with Crippen molar-refractivity contribution in [1.82, 2.24) is 9.78 Å². The van der Waals surface area contributed by atoms with E-state index in [4.69, 9.17) is 5.26 Å². The van der Waals surface area contributed by atoms with Crippen LogP contribution in [0.15, 0.2) is 29.3 Å². The average molecular weight is 312 g/mol. The maximum absolute atomic E-state index is 13.6. The molecule has 0 atom stereocenters. The summed E-state index contributed by atoms with van der Waals surface area (Å²) in [7, 11) is -4.52. The first-order valence-corrected chi connectivity index (χ1v) is 7.31. The Kier molecular flexibility index (Phi) is 3.90. The van der Waals surface area contributed by atoms with E-state index in [0.717, 1.165) is 18.2 Å². The van der Waals surface area contributed by atoms with Gasteiger partial charge in [-0.1, -0.05) is 6.07 Å². The molecule has 110 valence electrons. The lowest BCUT2D eigenvalue weighted by molar-refractivity contribution is 0.521. The predicted octanol–water partition coefficient (Wildman–Crippen LogP) is 1.85. The molecule has 0 aliphatic carbocycles. The Balaban J connectivity index is 2.53. The van der Waals surface area contributed by atoms with Crippen molar-refractivity contribution in [2.45, 2.75) is 18.4 Å². The van der Waals surface area contributed by atoms with E-state index in [1.54, 1.807) is 13.0 Å². The van der Waals surface area contributed by atoms with Crippen LogP contribution in [-0.4, -0.2) is 18.2 Å². The lowest BCUT2D eigenvalue weighted by Gasteiger charge is -2.11. The van der Waals surface area contributed by atoms with Gasteiger partial charge in [0.25, 0.3) is 10.0 Å². The molecule has 0 amide bonds. The molecule has 2 aromatic rings. The number of nitrogens with zero attached hydrogens (tertiary/aromatic N) is 3. The highest BCUT2D eigenvalue weighted by Crippen LogP contribution is 2.23. The third-order valence-electron chi connectivity index (χ3n) is 2.68. The van der Waals surface area contributed by atoms with Gasteiger partial charge < -0.3 is 0 Å². The zero-order chi connectivity index (χ0) is 15.6. The van der Waals surface area contributed by atoms with Crippen LogP contribution in [0.1, 0.15) is 12.5 Å². The number of benzene rings is 1. The minimum absolute atomic E-state index is 0.0443. The summed E-state index contributed by atoms with van der Waals surface area (Å²) in [5, 5.41) is 12.7. The topological polar surface area (TPSA) is 87.8 Å². The molecule has 0 saturated carbocycles. The number of aryl methyl sites for hydroxylation is 1. The van der Waals surface area contributed by atoms with Crippen LogP contribution in [0.5, 0.6) is 0 Å². The quantitative estimate of drug-likeness (QED) is 0.933. The van der Waals surface area contributed by atoms with Gasteiger partial charge in [0.1, 0.15) is 23.3 Å². The fourth-order valence-electron chi connectivity index (χ4n) is 1.73. The summed E-state index contributed by atoms with van der Waals surface area (Å²) in [6.07, 6.45) is 1.17. The summed E-state index contributed by atoms with van der Waals surface area (Å²) in [5.74, 6) is -2.57. The van der Waals surface area contributed by atoms with E-state index in [9.17, 15) is 17.2 Å². The van der Waals surface area contributed by atoms with Crippen molar-refractivity contribution < 1.29 is 17.2 Å². The number of sulfonamides is 1. The van der Waals surface area contributed by atoms with Crippen LogP contribution >= 0.6 is 0 Å². The van der Waals surface area contributed by atoms with Gasteiger partial charge in [-0.3, -0.25) is 4.72 Å². The van der Waals surface area contributed by atoms with E-state index in [-0.39, 0.29) is 17.9 Å². The van der Waals surface area contributed by atoms with Crippen molar-refractivity contribution in [3.8, 4) is 6.07 Å². The van der Waals surface area contributed by atoms with E-state index in [1.807, 2.05) is 4.72 Å². The fourth-order valence-corrected chi connectivity index (χ4v) is 2.95. The Labute approximate surface area is 119 Å². The molecular formula is C12H10F2N4O2S. The number of nitrogens with one attached hydrogen (secondary N) is 1. The smallest absolute Gasteiger partial charge is 0.262 e. The van der Waals surface area contributed by atoms with Gasteiger partial charge in [0.2, 0.25) is 0 Å². The second kappa shape index (κ2) is 5.49. The Morgan fingerprint density at radius 1 is 1.38 bits per heavy atom. The summed E-state index contributed by atoms with van der Waals surface area (Å²) in [4.78, 5) is -1.10. The highest BCUT2D eigenvalue weighted by molar-refractivity contribution is 7.92. The molecule has 0 spiro atoms. The second-order valence-electron chi connectivity index (χ2n) is 3.99. The molecule has 1 aromatic heterocycles. The first-order chi connectivity index (χ1) is 9.90. The minimum atomic E-state index is -4.52. The zero-order valence-corrected chi connectivity index (χ0v) is 11.7. The third-order valence-corrected chi connectivity index (χ3v) is 4.07. The number of hydrogen-bond acceptors (Lipinski definition) is 4. The van der Waals surface area contributed by atoms with E-state index in [1.165, 1.54) is 10.9 Å². The van der Waals surface area contributed by atoms with E-state index in [0.29, 0.717) is 0 Å². The van der Waals surface area contributed by atoms with E-state index >= 15 is 0 Å². The summed E-state index contributed by atoms with van der Waals surface area (Å²) in [6, 6.07) is 4.48. The molecule has 0 aliphatic heterocycles. The van der Waals surface area contributed by atoms with Gasteiger partial charge in [-0.15, -0.1) is 0 Å². The SMILES string of the molecule is CCn1ncc(C#N)c1NS(=O)(=O)c1c(F)cccc1F. The van der Waals surface area contributed by atoms with Crippen LogP contribution in [-0.2, 0) is 16.6 Å². The molecular weight excluding hydrogens is 302 g/mol. The van der Waals surface area contributed by atoms with Gasteiger partial charge in [0.15, 0.2) is 10.7 Å². The third kappa shape index (κ3) is 2.71. The standard InChI is InChI=1S/C12H10F2N4O2S/c1-2-18-12(8(6-15)7-16-18)17-21(19,20)11-9(13)4-3-5-10(11)14/h3-5,7,17H,2H2,1H3. The summed E-state index contributed by atoms with van der Waals surface area (Å²) in [6.45, 7) is 1.95. The molecule has 0 bridgehead atoms. The van der Waals surface area contributed by atoms with Crippen molar-refractivity contribution >= 4 is 15.8 Å². The minimum Gasteiger partial charge on any atom is -0.262 e. The van der Waals surface area contributed by atoms with E-state index < -0.39 is 26.6 Å². The van der Waals surface area contributed by atoms with Gasteiger partial charge in [-0.05, 0) is 19.1 Å². The van der Waals surface area contributed by atoms with Crippen molar-refractivity contribution in [2.75, 3.05) is 4.72 Å². The van der Waals surface area contributed by atoms with Crippen molar-refractivity contribution in [1.29, 1.82) is 5.26 Å². The highest BCUT2D eigenvalue weighted by Gasteiger charge is 2.26. The van der Waals surface area contributed by atoms with Crippen LogP contribution in [0, 0.1) is 23.0 Å². The maximum atomic E-state index is 13.6. The highest BCUT2D eigenvalue weighted by atomic mass is 32.2. The molecule has 1 N–H and O–H groups in total. The number of anilines is 1. The van der Waals surface area contributed by atoms with E-state index in [2.05, 4.69) is 5.10 Å². The summed E-state index contributed by atoms with van der Waals surface area (Å²) >= 11 is 0. The number of nitriles is 1. The van der Waals surface area contributed by atoms with Gasteiger partial charge in [0.05, 0.1) is 6.20 Å². The van der Waals surface area contributed by atoms with Crippen molar-refractivity contribution in [2.24, 2.45) is 0 Å². The maximum Gasteiger partial charge on any atom is 0.268 e. The van der Waals surface area contributed by atoms with Gasteiger partial charge in [-0.2, -0.15) is 10.4 Å². The van der Waals surface area contributed by atoms with Crippen LogP contribution in [0.4, 0.5) is 14.6 Å². The summed E-state index contributed by atoms with van der Waals surface area (Å²) in [5.41, 5.74) is -0.0443. The Morgan fingerprint density at radius 2 is 2.00 bits per heavy atom. The lowest BCUT2D eigenvalue weighted by Crippen LogP contribution is -2.19. The molecule has 0 radical (unpaired) electrons. The number of rotatable bonds is 4. The second-order valence-corrected chi connectivity index (χ2v) is 5.61. The molecule has 6 nitrogen and oxygen atoms in total. The monoisotopic (exact) mass is 312 g/mol. The lowest BCUT2D eigenvalue weighted by atomic mass is 10.3. The van der Waals surface area contributed by atoms with Crippen LogP contribution in [0.2, 0.25) is 0 Å². The van der Waals surface area contributed by atoms with Crippen LogP contribution < -0.4 is 4.72 Å². The Hall–Kier alpha value is -2.47. The van der Waals surface area contributed by atoms with Crippen molar-refractivity contribution in [3.63, 3.8) is 0 Å². The molecule has 21 heavy (non-hydrogen) atoms. The van der Waals surface area contributed by atoms with Gasteiger partial charge in [0, 0.05) is 6.54 Å². The molecule has 9 heteroatoms. The molecule has 1 aromatic carbocycles. The Bertz CT molecular complexity index is 804. The number of hydrogen-bond donors (Lipinski definition) is 1. The fraction of sp³-hybridized carbons (Fsp3) is 0.167. The predicted molar refractivity (Wildman–Crippen MR) is 69.8 cm³/mol. The largest absolute Gasteiger partial charge is 0.268 e.